The molecule has 0 heterocycles. The summed E-state index contributed by atoms with van der Waals surface area (Å²) < 4.78 is 0.194. The molecule has 0 aromatic heterocycles. The summed E-state index contributed by atoms with van der Waals surface area (Å²) in [6, 6.07) is 0. The van der Waals surface area contributed by atoms with Crippen molar-refractivity contribution in [3.63, 3.8) is 0 Å². The lowest BCUT2D eigenvalue weighted by atomic mass is 11.1. The first-order valence-electron chi connectivity index (χ1n) is 1.54. The molecule has 0 aliphatic carbocycles. The van der Waals surface area contributed by atoms with Gasteiger partial charge in [-0.1, -0.05) is 12.2 Å². The molecule has 0 aliphatic heterocycles. The maximum absolute atomic E-state index is 6.06. The third-order valence-electron chi connectivity index (χ3n) is 0. The molecule has 0 radical (unpaired) electrons. The van der Waals surface area contributed by atoms with E-state index in [1.165, 1.54) is 0 Å². The molecule has 0 rings (SSSR count). The maximum atomic E-state index is 6.06. The summed E-state index contributed by atoms with van der Waals surface area (Å²) in [4.78, 5) is 0. The molecule has 0 saturated carbocycles. The van der Waals surface area contributed by atoms with Gasteiger partial charge in [0, 0.05) is 0 Å². The van der Waals surface area contributed by atoms with Crippen molar-refractivity contribution in [3.8, 4) is 0 Å². The number of nitrogens with two attached hydrogens (primary N) is 3. The van der Waals surface area contributed by atoms with Crippen molar-refractivity contribution >= 4 is 35.1 Å². The molecule has 0 bridgehead atoms. The Kier molecular flexibility index (Phi) is 8.53. The first kappa shape index (κ1) is 10.5. The van der Waals surface area contributed by atoms with Crippen LogP contribution in [0.1, 0.15) is 0 Å². The van der Waals surface area contributed by atoms with Crippen LogP contribution in [0.3, 0.4) is 0 Å². The molecule has 4 nitrogen and oxygen atoms in total. The van der Waals surface area contributed by atoms with Gasteiger partial charge >= 0.3 is 0 Å². The van der Waals surface area contributed by atoms with E-state index in [-0.39, 0.29) is 10.3 Å². The molecule has 48 valence electrons. The molecule has 0 aliphatic rings. The van der Waals surface area contributed by atoms with Gasteiger partial charge in [0.05, 0.1) is 0 Å². The van der Waals surface area contributed by atoms with Gasteiger partial charge in [-0.3, -0.25) is 5.41 Å². The Bertz CT molecular complexity index is 70.0. The number of thiol groups is 1. The maximum Gasteiger partial charge on any atom is 0.183 e. The topological polar surface area (TPSA) is 102 Å². The number of guanidine groups is 1. The van der Waals surface area contributed by atoms with Gasteiger partial charge in [-0.15, -0.1) is 12.6 Å². The molecule has 0 amide bonds. The van der Waals surface area contributed by atoms with Crippen molar-refractivity contribution < 1.29 is 0 Å². The van der Waals surface area contributed by atoms with Crippen LogP contribution in [-0.2, 0) is 0 Å². The fourth-order valence-electron chi connectivity index (χ4n) is 0. The summed E-state index contributed by atoms with van der Waals surface area (Å²) in [5.74, 6) is -0.333. The van der Waals surface area contributed by atoms with Crippen LogP contribution in [0.5, 0.6) is 0 Å². The first-order chi connectivity index (χ1) is 3.46. The van der Waals surface area contributed by atoms with E-state index in [0.717, 1.165) is 0 Å². The zero-order valence-corrected chi connectivity index (χ0v) is 5.80. The third kappa shape index (κ3) is 467. The van der Waals surface area contributed by atoms with Gasteiger partial charge in [-0.25, -0.2) is 0 Å². The van der Waals surface area contributed by atoms with Gasteiger partial charge in [0.25, 0.3) is 0 Å². The van der Waals surface area contributed by atoms with E-state index in [9.17, 15) is 0 Å². The van der Waals surface area contributed by atoms with E-state index in [2.05, 4.69) is 36.3 Å². The van der Waals surface area contributed by atoms with E-state index in [1.54, 1.807) is 0 Å². The minimum Gasteiger partial charge on any atom is -0.385 e. The second-order valence-corrected chi connectivity index (χ2v) is 2.02. The monoisotopic (exact) mass is 152 g/mol. The largest absolute Gasteiger partial charge is 0.385 e. The Labute approximate surface area is 58.3 Å². The van der Waals surface area contributed by atoms with Crippen molar-refractivity contribution in [3.05, 3.63) is 0 Å². The predicted molar refractivity (Wildman–Crippen MR) is 41.9 cm³/mol. The molecule has 0 aromatic carbocycles. The molecular weight excluding hydrogens is 144 g/mol. The number of rotatable bonds is 0. The summed E-state index contributed by atoms with van der Waals surface area (Å²) in [6.07, 6.45) is 0. The van der Waals surface area contributed by atoms with Gasteiger partial charge in [0.2, 0.25) is 0 Å². The zero-order chi connectivity index (χ0) is 7.15. The van der Waals surface area contributed by atoms with Crippen LogP contribution >= 0.6 is 24.8 Å². The second-order valence-electron chi connectivity index (χ2n) is 0.794. The van der Waals surface area contributed by atoms with Crippen molar-refractivity contribution in [1.29, 1.82) is 5.41 Å². The average molecular weight is 152 g/mol. The van der Waals surface area contributed by atoms with E-state index < -0.39 is 0 Å². The van der Waals surface area contributed by atoms with Gasteiger partial charge in [-0.2, -0.15) is 0 Å². The summed E-state index contributed by atoms with van der Waals surface area (Å²) in [5, 5.41) is 6.06. The first-order valence-corrected chi connectivity index (χ1v) is 2.40. The zero-order valence-electron chi connectivity index (χ0n) is 4.09. The smallest absolute Gasteiger partial charge is 0.183 e. The van der Waals surface area contributed by atoms with Crippen molar-refractivity contribution in [2.45, 2.75) is 0 Å². The Morgan fingerprint density at radius 2 is 1.38 bits per heavy atom. The van der Waals surface area contributed by atoms with E-state index in [1.807, 2.05) is 0 Å². The minimum atomic E-state index is -0.333. The van der Waals surface area contributed by atoms with E-state index in [4.69, 9.17) is 11.1 Å². The Hall–Kier alpha value is -0.490. The minimum absolute atomic E-state index is 0.194. The van der Waals surface area contributed by atoms with Crippen LogP contribution in [0, 0.1) is 5.41 Å². The molecule has 0 saturated heterocycles. The summed E-state index contributed by atoms with van der Waals surface area (Å²) in [5.41, 5.74) is 13.7. The molecule has 0 unspecified atom stereocenters. The Balaban J connectivity index is 0. The van der Waals surface area contributed by atoms with Crippen LogP contribution in [0.2, 0.25) is 0 Å². The van der Waals surface area contributed by atoms with Crippen LogP contribution < -0.4 is 17.2 Å². The van der Waals surface area contributed by atoms with Crippen LogP contribution in [0.4, 0.5) is 0 Å². The molecule has 0 atom stereocenters. The highest BCUT2D eigenvalue weighted by atomic mass is 32.1. The molecule has 6 heteroatoms. The lowest BCUT2D eigenvalue weighted by molar-refractivity contribution is 1.39. The van der Waals surface area contributed by atoms with Crippen molar-refractivity contribution in [1.82, 2.24) is 0 Å². The average Bonchev–Trinajstić information content (AvgIpc) is 1.25. The van der Waals surface area contributed by atoms with Crippen LogP contribution in [0.15, 0.2) is 0 Å². The number of hydrogen-bond donors (Lipinski definition) is 5. The van der Waals surface area contributed by atoms with Crippen molar-refractivity contribution in [2.75, 3.05) is 0 Å². The Morgan fingerprint density at radius 1 is 1.38 bits per heavy atom. The fraction of sp³-hybridized carbons (Fsp3) is 0. The molecule has 0 fully saturated rings. The van der Waals surface area contributed by atoms with E-state index >= 15 is 0 Å². The SMILES string of the molecule is N=C(N)N.NC(=S)S. The third-order valence-corrected chi connectivity index (χ3v) is 0. The standard InChI is InChI=1S/CH5N3.CH3NS2/c2*2-1(3)4/h(H5,2,3,4);(H3,2,3,4). The molecule has 7 N–H and O–H groups in total. The number of hydrogen-bond acceptors (Lipinski definition) is 2. The van der Waals surface area contributed by atoms with Crippen molar-refractivity contribution in [2.24, 2.45) is 17.2 Å². The quantitative estimate of drug-likeness (QED) is 0.133. The summed E-state index contributed by atoms with van der Waals surface area (Å²) in [6.45, 7) is 0. The highest BCUT2D eigenvalue weighted by molar-refractivity contribution is 8.10. The number of thiocarbonyl (C=S) groups is 1. The normalized spacial score (nSPS) is 6.12. The molecule has 8 heavy (non-hydrogen) atoms. The Morgan fingerprint density at radius 3 is 1.38 bits per heavy atom. The van der Waals surface area contributed by atoms with Crippen LogP contribution in [-0.4, -0.2) is 10.3 Å². The molecular formula is C2H8N4S2. The lowest BCUT2D eigenvalue weighted by Crippen LogP contribution is -2.20. The van der Waals surface area contributed by atoms with Crippen LogP contribution in [0.25, 0.3) is 0 Å². The second kappa shape index (κ2) is 6.51. The van der Waals surface area contributed by atoms with Gasteiger partial charge in [0.15, 0.2) is 5.96 Å². The lowest BCUT2D eigenvalue weighted by Gasteiger charge is -1.69. The predicted octanol–water partition coefficient (Wildman–Crippen LogP) is -1.00. The molecule has 0 aromatic rings. The van der Waals surface area contributed by atoms with E-state index in [0.29, 0.717) is 0 Å². The van der Waals surface area contributed by atoms with Gasteiger partial charge in [0.1, 0.15) is 4.32 Å². The number of nitrogens with one attached hydrogen (secondary N) is 1. The summed E-state index contributed by atoms with van der Waals surface area (Å²) in [7, 11) is 0. The summed E-state index contributed by atoms with van der Waals surface area (Å²) >= 11 is 7.65. The molecule has 0 spiro atoms. The van der Waals surface area contributed by atoms with Gasteiger partial charge < -0.3 is 17.2 Å². The fourth-order valence-corrected chi connectivity index (χ4v) is 0. The van der Waals surface area contributed by atoms with Gasteiger partial charge in [-0.05, 0) is 0 Å². The highest BCUT2D eigenvalue weighted by Crippen LogP contribution is 1.63. The highest BCUT2D eigenvalue weighted by Gasteiger charge is 1.56.